The molecular formula is C17H27N3O3S. The molecule has 0 radical (unpaired) electrons. The Morgan fingerprint density at radius 1 is 1.29 bits per heavy atom. The minimum absolute atomic E-state index is 0.0642. The van der Waals surface area contributed by atoms with E-state index >= 15 is 0 Å². The third kappa shape index (κ3) is 3.63. The molecule has 0 aliphatic carbocycles. The summed E-state index contributed by atoms with van der Waals surface area (Å²) in [6.45, 7) is 9.84. The first-order chi connectivity index (χ1) is 11.3. The highest BCUT2D eigenvalue weighted by atomic mass is 32.2. The molecule has 1 amide bonds. The lowest BCUT2D eigenvalue weighted by Gasteiger charge is -2.38. The molecule has 1 aliphatic rings. The first kappa shape index (κ1) is 18.9. The Balaban J connectivity index is 2.32. The summed E-state index contributed by atoms with van der Waals surface area (Å²) in [5.74, 6) is -0.118. The van der Waals surface area contributed by atoms with Crippen LogP contribution < -0.4 is 5.32 Å². The average Bonchev–Trinajstić information content (AvgIpc) is 2.58. The molecule has 2 unspecified atom stereocenters. The van der Waals surface area contributed by atoms with E-state index in [4.69, 9.17) is 0 Å². The lowest BCUT2D eigenvalue weighted by atomic mass is 10.1. The molecule has 0 spiro atoms. The number of hydrogen-bond acceptors (Lipinski definition) is 4. The van der Waals surface area contributed by atoms with Gasteiger partial charge in [0, 0.05) is 43.8 Å². The molecule has 0 aromatic heterocycles. The molecule has 134 valence electrons. The van der Waals surface area contributed by atoms with E-state index in [0.29, 0.717) is 25.2 Å². The van der Waals surface area contributed by atoms with Crippen LogP contribution in [0, 0.1) is 0 Å². The summed E-state index contributed by atoms with van der Waals surface area (Å²) in [5.41, 5.74) is 0.421. The van der Waals surface area contributed by atoms with Gasteiger partial charge in [0.05, 0.1) is 4.90 Å². The summed E-state index contributed by atoms with van der Waals surface area (Å²) in [4.78, 5) is 14.8. The second kappa shape index (κ2) is 7.63. The summed E-state index contributed by atoms with van der Waals surface area (Å²) in [5, 5.41) is 3.34. The van der Waals surface area contributed by atoms with Crippen LogP contribution in [0.3, 0.4) is 0 Å². The maximum absolute atomic E-state index is 12.8. The molecule has 1 fully saturated rings. The van der Waals surface area contributed by atoms with Crippen LogP contribution in [0.4, 0.5) is 0 Å². The van der Waals surface area contributed by atoms with Crippen molar-refractivity contribution in [2.24, 2.45) is 0 Å². The van der Waals surface area contributed by atoms with Crippen molar-refractivity contribution in [1.29, 1.82) is 0 Å². The summed E-state index contributed by atoms with van der Waals surface area (Å²) in [7, 11) is -3.56. The number of nitrogens with one attached hydrogen (secondary N) is 1. The standard InChI is InChI=1S/C17H27N3O3S/c1-5-19(6-2)24(22,23)16-9-7-8-15(12-16)17(21)20-11-10-18-13(3)14(20)4/h7-9,12-14,18H,5-6,10-11H2,1-4H3. The number of hydrogen-bond donors (Lipinski definition) is 1. The molecule has 2 rings (SSSR count). The number of amides is 1. The fourth-order valence-electron chi connectivity index (χ4n) is 3.01. The molecule has 1 aromatic carbocycles. The molecule has 0 saturated carbocycles. The smallest absolute Gasteiger partial charge is 0.254 e. The van der Waals surface area contributed by atoms with Crippen LogP contribution in [0.2, 0.25) is 0 Å². The Kier molecular flexibility index (Phi) is 6.01. The average molecular weight is 353 g/mol. The van der Waals surface area contributed by atoms with Crippen LogP contribution in [0.25, 0.3) is 0 Å². The summed E-state index contributed by atoms with van der Waals surface area (Å²) in [6, 6.07) is 6.65. The Labute approximate surface area is 144 Å². The van der Waals surface area contributed by atoms with E-state index in [1.54, 1.807) is 32.0 Å². The molecule has 1 N–H and O–H groups in total. The van der Waals surface area contributed by atoms with Crippen molar-refractivity contribution in [2.45, 2.75) is 44.7 Å². The highest BCUT2D eigenvalue weighted by Crippen LogP contribution is 2.19. The van der Waals surface area contributed by atoms with Gasteiger partial charge in [0.1, 0.15) is 0 Å². The van der Waals surface area contributed by atoms with Crippen molar-refractivity contribution in [1.82, 2.24) is 14.5 Å². The van der Waals surface area contributed by atoms with E-state index in [2.05, 4.69) is 5.32 Å². The van der Waals surface area contributed by atoms with Gasteiger partial charge in [-0.3, -0.25) is 4.79 Å². The first-order valence-corrected chi connectivity index (χ1v) is 9.91. The number of piperazine rings is 1. The van der Waals surface area contributed by atoms with Gasteiger partial charge in [0.15, 0.2) is 0 Å². The van der Waals surface area contributed by atoms with E-state index < -0.39 is 10.0 Å². The van der Waals surface area contributed by atoms with Crippen LogP contribution in [0.1, 0.15) is 38.1 Å². The molecule has 0 bridgehead atoms. The van der Waals surface area contributed by atoms with Crippen molar-refractivity contribution >= 4 is 15.9 Å². The lowest BCUT2D eigenvalue weighted by molar-refractivity contribution is 0.0602. The molecule has 7 heteroatoms. The van der Waals surface area contributed by atoms with E-state index in [1.165, 1.54) is 10.4 Å². The molecule has 1 aromatic rings. The third-order valence-electron chi connectivity index (χ3n) is 4.72. The molecule has 2 atom stereocenters. The second-order valence-corrected chi connectivity index (χ2v) is 8.04. The number of rotatable bonds is 5. The van der Waals surface area contributed by atoms with Crippen molar-refractivity contribution in [2.75, 3.05) is 26.2 Å². The van der Waals surface area contributed by atoms with E-state index in [-0.39, 0.29) is 22.9 Å². The zero-order valence-corrected chi connectivity index (χ0v) is 15.6. The van der Waals surface area contributed by atoms with Gasteiger partial charge < -0.3 is 10.2 Å². The van der Waals surface area contributed by atoms with E-state index in [0.717, 1.165) is 6.54 Å². The van der Waals surface area contributed by atoms with Crippen LogP contribution in [0.5, 0.6) is 0 Å². The maximum Gasteiger partial charge on any atom is 0.254 e. The highest BCUT2D eigenvalue weighted by molar-refractivity contribution is 7.89. The fourth-order valence-corrected chi connectivity index (χ4v) is 4.52. The Morgan fingerprint density at radius 3 is 2.58 bits per heavy atom. The topological polar surface area (TPSA) is 69.7 Å². The number of sulfonamides is 1. The van der Waals surface area contributed by atoms with Crippen molar-refractivity contribution in [3.8, 4) is 0 Å². The number of carbonyl (C=O) groups is 1. The Bertz CT molecular complexity index is 686. The lowest BCUT2D eigenvalue weighted by Crippen LogP contribution is -2.57. The maximum atomic E-state index is 12.8. The Hall–Kier alpha value is -1.44. The predicted octanol–water partition coefficient (Wildman–Crippen LogP) is 1.54. The number of carbonyl (C=O) groups excluding carboxylic acids is 1. The molecule has 24 heavy (non-hydrogen) atoms. The van der Waals surface area contributed by atoms with E-state index in [1.807, 2.05) is 18.7 Å². The van der Waals surface area contributed by atoms with Gasteiger partial charge in [-0.1, -0.05) is 19.9 Å². The predicted molar refractivity (Wildman–Crippen MR) is 94.5 cm³/mol. The fraction of sp³-hybridized carbons (Fsp3) is 0.588. The van der Waals surface area contributed by atoms with Crippen LogP contribution >= 0.6 is 0 Å². The minimum atomic E-state index is -3.56. The van der Waals surface area contributed by atoms with Crippen LogP contribution in [-0.2, 0) is 10.0 Å². The number of benzene rings is 1. The molecule has 1 heterocycles. The largest absolute Gasteiger partial charge is 0.333 e. The third-order valence-corrected chi connectivity index (χ3v) is 6.77. The summed E-state index contributed by atoms with van der Waals surface area (Å²) in [6.07, 6.45) is 0. The normalized spacial score (nSPS) is 22.0. The monoisotopic (exact) mass is 353 g/mol. The van der Waals surface area contributed by atoms with Gasteiger partial charge in [0.2, 0.25) is 10.0 Å². The summed E-state index contributed by atoms with van der Waals surface area (Å²) < 4.78 is 26.7. The molecule has 1 saturated heterocycles. The van der Waals surface area contributed by atoms with Crippen molar-refractivity contribution in [3.63, 3.8) is 0 Å². The SMILES string of the molecule is CCN(CC)S(=O)(=O)c1cccc(C(=O)N2CCNC(C)C2C)c1. The van der Waals surface area contributed by atoms with Crippen molar-refractivity contribution < 1.29 is 13.2 Å². The van der Waals surface area contributed by atoms with Gasteiger partial charge in [-0.05, 0) is 32.0 Å². The zero-order valence-electron chi connectivity index (χ0n) is 14.8. The Morgan fingerprint density at radius 2 is 1.96 bits per heavy atom. The molecule has 1 aliphatic heterocycles. The zero-order chi connectivity index (χ0) is 17.9. The highest BCUT2D eigenvalue weighted by Gasteiger charge is 2.29. The molecular weight excluding hydrogens is 326 g/mol. The van der Waals surface area contributed by atoms with Crippen molar-refractivity contribution in [3.05, 3.63) is 29.8 Å². The molecule has 6 nitrogen and oxygen atoms in total. The minimum Gasteiger partial charge on any atom is -0.333 e. The van der Waals surface area contributed by atoms with Gasteiger partial charge >= 0.3 is 0 Å². The van der Waals surface area contributed by atoms with E-state index in [9.17, 15) is 13.2 Å². The first-order valence-electron chi connectivity index (χ1n) is 8.47. The second-order valence-electron chi connectivity index (χ2n) is 6.10. The van der Waals surface area contributed by atoms with Gasteiger partial charge in [0.25, 0.3) is 5.91 Å². The van der Waals surface area contributed by atoms with Gasteiger partial charge in [-0.25, -0.2) is 8.42 Å². The van der Waals surface area contributed by atoms with Crippen LogP contribution in [0.15, 0.2) is 29.2 Å². The van der Waals surface area contributed by atoms with Crippen LogP contribution in [-0.4, -0.2) is 61.8 Å². The number of nitrogens with zero attached hydrogens (tertiary/aromatic N) is 2. The quantitative estimate of drug-likeness (QED) is 0.872. The van der Waals surface area contributed by atoms with Gasteiger partial charge in [-0.15, -0.1) is 0 Å². The van der Waals surface area contributed by atoms with Gasteiger partial charge in [-0.2, -0.15) is 4.31 Å². The summed E-state index contributed by atoms with van der Waals surface area (Å²) >= 11 is 0.